The van der Waals surface area contributed by atoms with Crippen molar-refractivity contribution in [1.29, 1.82) is 0 Å². The van der Waals surface area contributed by atoms with Gasteiger partial charge in [0.1, 0.15) is 104 Å². The second-order valence-electron chi connectivity index (χ2n) is 36.1. The molecule has 144 heavy (non-hydrogen) atoms. The van der Waals surface area contributed by atoms with Crippen LogP contribution in [0.1, 0.15) is 87.3 Å². The predicted molar refractivity (Wildman–Crippen MR) is 538 cm³/mol. The monoisotopic (exact) mass is 1900 g/mol. The van der Waals surface area contributed by atoms with Crippen LogP contribution in [0.25, 0.3) is 43.1 Å². The van der Waals surface area contributed by atoms with Gasteiger partial charge in [0, 0.05) is 91.5 Å². The summed E-state index contributed by atoms with van der Waals surface area (Å²) in [5.41, 5.74) is 5.12. The van der Waals surface area contributed by atoms with Crippen LogP contribution in [0.5, 0.6) is 92.0 Å². The van der Waals surface area contributed by atoms with E-state index in [1.165, 1.54) is 46.6 Å². The summed E-state index contributed by atoms with van der Waals surface area (Å²) >= 11 is 0. The molecule has 6 aliphatic heterocycles. The number of imide groups is 2. The van der Waals surface area contributed by atoms with E-state index >= 15 is 28.8 Å². The Morgan fingerprint density at radius 3 is 0.694 bits per heavy atom. The van der Waals surface area contributed by atoms with Crippen LogP contribution in [-0.2, 0) is 54.2 Å². The lowest BCUT2D eigenvalue weighted by Crippen LogP contribution is -2.49. The maximum absolute atomic E-state index is 17.5. The molecule has 6 unspecified atom stereocenters. The van der Waals surface area contributed by atoms with E-state index in [-0.39, 0.29) is 147 Å². The standard InChI is InChI=1S/C120H84N4O20/c125-115-95-63-101(141-83-45-37-79(38-46-83)137-87-31-13-19-71(55-87)59-91-67-133-91)107-109-103(143-85-49-41-81(42-50-85)139-89-33-15-21-73(57-89)61-93-69-135-93)65-97-106-98(118(128)124(117(97)127)114(100-36-18-54-132-100)120(130)122(77-27-9-3-10-28-77)78-29-11-4-12-30-78)66-104(144-86-51-43-82(44-52-86)140-90-34-16-22-74(58-90)62-94-70-136-94)110(112(106)109)108-102(142-84-47-39-80(40-48-84)138-88-32-14-20-72(56-88)60-92-68-134-92)64-96(105(95)111(107)108)116(126)123(115)113(99-35-17-53-131-99)119(129)121(75-23-5-1-6-24-75)76-25-7-2-8-26-76/h1-58,63-66,91-94,113-114H,59-62,67-70H2. The van der Waals surface area contributed by atoms with Gasteiger partial charge in [0.05, 0.1) is 85.6 Å². The predicted octanol–water partition coefficient (Wildman–Crippen LogP) is 26.4. The van der Waals surface area contributed by atoms with Gasteiger partial charge in [-0.05, 0) is 265 Å². The Morgan fingerprint density at radius 1 is 0.250 bits per heavy atom. The van der Waals surface area contributed by atoms with E-state index in [9.17, 15) is 0 Å². The third-order valence-electron chi connectivity index (χ3n) is 26.3. The van der Waals surface area contributed by atoms with E-state index in [1.54, 1.807) is 218 Å². The number of carbonyl (C=O) groups is 6. The number of carbonyl (C=O) groups excluding carboxylic acids is 6. The molecule has 24 nitrogen and oxygen atoms in total. The molecule has 2 aromatic heterocycles. The molecule has 4 saturated heterocycles. The average Bonchev–Trinajstić information content (AvgIpc) is 1.46. The number of hydrogen-bond donors (Lipinski definition) is 0. The summed E-state index contributed by atoms with van der Waals surface area (Å²) < 4.78 is 91.8. The van der Waals surface area contributed by atoms with E-state index < -0.39 is 47.5 Å². The molecule has 19 aromatic rings. The number of epoxide rings is 4. The minimum atomic E-state index is -1.85. The molecule has 0 saturated carbocycles. The minimum absolute atomic E-state index is 0.0407. The van der Waals surface area contributed by atoms with Gasteiger partial charge in [-0.25, -0.2) is 0 Å². The van der Waals surface area contributed by atoms with Gasteiger partial charge in [0.15, 0.2) is 12.1 Å². The zero-order chi connectivity index (χ0) is 96.6. The Kier molecular flexibility index (Phi) is 22.5. The van der Waals surface area contributed by atoms with Gasteiger partial charge in [0.2, 0.25) is 0 Å². The van der Waals surface area contributed by atoms with Crippen LogP contribution in [0.2, 0.25) is 0 Å². The van der Waals surface area contributed by atoms with E-state index in [4.69, 9.17) is 65.7 Å². The van der Waals surface area contributed by atoms with Crippen LogP contribution in [-0.4, -0.2) is 96.1 Å². The summed E-state index contributed by atoms with van der Waals surface area (Å²) in [5.74, 6) is -1.00. The minimum Gasteiger partial charge on any atom is -0.467 e. The molecule has 8 heterocycles. The van der Waals surface area contributed by atoms with E-state index in [0.717, 1.165) is 32.1 Å². The van der Waals surface area contributed by atoms with Crippen molar-refractivity contribution < 1.29 is 94.4 Å². The maximum Gasteiger partial charge on any atom is 0.262 e. The third kappa shape index (κ3) is 17.5. The molecule has 0 bridgehead atoms. The molecule has 0 radical (unpaired) electrons. The quantitative estimate of drug-likeness (QED) is 0.0157. The molecule has 17 aromatic carbocycles. The molecule has 24 heteroatoms. The Labute approximate surface area is 823 Å². The lowest BCUT2D eigenvalue weighted by Gasteiger charge is -2.37. The molecule has 704 valence electrons. The van der Waals surface area contributed by atoms with Crippen molar-refractivity contribution in [3.05, 3.63) is 433 Å². The summed E-state index contributed by atoms with van der Waals surface area (Å²) in [6.45, 7) is 2.69. The van der Waals surface area contributed by atoms with E-state index in [2.05, 4.69) is 0 Å². The topological polar surface area (TPSA) is 266 Å². The second-order valence-corrected chi connectivity index (χ2v) is 36.1. The van der Waals surface area contributed by atoms with Crippen LogP contribution in [0.3, 0.4) is 0 Å². The number of nitrogens with zero attached hydrogens (tertiary/aromatic N) is 4. The number of hydrogen-bond acceptors (Lipinski definition) is 20. The zero-order valence-corrected chi connectivity index (χ0v) is 76.9. The largest absolute Gasteiger partial charge is 0.467 e. The number of amides is 6. The van der Waals surface area contributed by atoms with Gasteiger partial charge in [-0.2, -0.15) is 0 Å². The van der Waals surface area contributed by atoms with Crippen molar-refractivity contribution in [2.45, 2.75) is 62.2 Å². The van der Waals surface area contributed by atoms with Crippen molar-refractivity contribution in [2.24, 2.45) is 0 Å². The number of furan rings is 2. The summed E-state index contributed by atoms with van der Waals surface area (Å²) in [5, 5.41) is 0.875. The molecule has 6 atom stereocenters. The maximum atomic E-state index is 17.5. The SMILES string of the molecule is O=C(C(c1ccco1)N1C(=O)c2cc(Oc3ccc(Oc4cccc(CC5CO5)c4)cc3)c3c4c(Oc5ccc(Oc6cccc(CC7CO7)c6)cc5)cc5c6c(cc(Oc7ccc(Oc8cccc(CC9CO9)c8)cc7)c(c7c(Oc8ccc(Oc9cccc(CC%10CO%10)c9)cc8)cc(c2c37)C1=O)c64)C(=O)N(C(C(=O)N(c1ccccc1)c1ccccc1)c1ccco1)C5=O)N(c1ccccc1)c1ccccc1. The van der Waals surface area contributed by atoms with Crippen molar-refractivity contribution in [1.82, 2.24) is 9.80 Å². The molecule has 0 aliphatic carbocycles. The Bertz CT molecular complexity index is 7290. The highest BCUT2D eigenvalue weighted by Crippen LogP contribution is 2.60. The number of ether oxygens (including phenoxy) is 12. The van der Waals surface area contributed by atoms with Gasteiger partial charge in [0.25, 0.3) is 35.4 Å². The third-order valence-corrected chi connectivity index (χ3v) is 26.3. The summed E-state index contributed by atoms with van der Waals surface area (Å²) in [6.07, 6.45) is 6.03. The number of anilines is 4. The fourth-order valence-electron chi connectivity index (χ4n) is 19.4. The molecule has 4 fully saturated rings. The van der Waals surface area contributed by atoms with Gasteiger partial charge >= 0.3 is 0 Å². The van der Waals surface area contributed by atoms with Gasteiger partial charge < -0.3 is 65.7 Å². The average molecular weight is 1900 g/mol. The molecule has 25 rings (SSSR count). The highest BCUT2D eigenvalue weighted by molar-refractivity contribution is 6.45. The summed E-state index contributed by atoms with van der Waals surface area (Å²) in [6, 6.07) is 103. The number of para-hydroxylation sites is 4. The van der Waals surface area contributed by atoms with Gasteiger partial charge in [-0.15, -0.1) is 0 Å². The van der Waals surface area contributed by atoms with E-state index in [1.807, 2.05) is 121 Å². The highest BCUT2D eigenvalue weighted by atomic mass is 16.6. The first kappa shape index (κ1) is 87.6. The molecule has 0 spiro atoms. The van der Waals surface area contributed by atoms with E-state index in [0.29, 0.717) is 121 Å². The Morgan fingerprint density at radius 2 is 0.479 bits per heavy atom. The van der Waals surface area contributed by atoms with Crippen molar-refractivity contribution >= 4 is 101 Å². The number of benzene rings is 17. The summed E-state index contributed by atoms with van der Waals surface area (Å²) in [4.78, 5) is 108. The number of fused-ring (bicyclic) bond motifs is 2. The smallest absolute Gasteiger partial charge is 0.262 e. The fourth-order valence-corrected chi connectivity index (χ4v) is 19.4. The van der Waals surface area contributed by atoms with Crippen LogP contribution >= 0.6 is 0 Å². The second kappa shape index (κ2) is 37.0. The Hall–Kier alpha value is -17.9. The molecule has 0 N–H and O–H groups in total. The van der Waals surface area contributed by atoms with Gasteiger partial charge in [-0.3, -0.25) is 48.4 Å². The van der Waals surface area contributed by atoms with Crippen LogP contribution in [0.4, 0.5) is 22.7 Å². The first-order valence-corrected chi connectivity index (χ1v) is 47.5. The molecular formula is C120H84N4O20. The fraction of sp³-hybridized carbons (Fsp3) is 0.117. The highest BCUT2D eigenvalue weighted by Gasteiger charge is 2.50. The van der Waals surface area contributed by atoms with Crippen molar-refractivity contribution in [2.75, 3.05) is 36.2 Å². The van der Waals surface area contributed by atoms with Crippen molar-refractivity contribution in [3.8, 4) is 92.0 Å². The Balaban J connectivity index is 0.757. The first-order chi connectivity index (χ1) is 70.8. The zero-order valence-electron chi connectivity index (χ0n) is 76.9. The normalized spacial score (nSPS) is 16.2. The molecule has 6 amide bonds. The van der Waals surface area contributed by atoms with Crippen molar-refractivity contribution in [3.63, 3.8) is 0 Å². The molecule has 6 aliphatic rings. The molecular weight excluding hydrogens is 1820 g/mol. The lowest BCUT2D eigenvalue weighted by atomic mass is 9.80. The lowest BCUT2D eigenvalue weighted by molar-refractivity contribution is -0.123. The van der Waals surface area contributed by atoms with Crippen LogP contribution < -0.4 is 47.7 Å². The summed E-state index contributed by atoms with van der Waals surface area (Å²) in [7, 11) is 0. The first-order valence-electron chi connectivity index (χ1n) is 47.5. The van der Waals surface area contributed by atoms with Crippen LogP contribution in [0, 0.1) is 0 Å². The number of rotatable bonds is 34. The van der Waals surface area contributed by atoms with Crippen LogP contribution in [0.15, 0.2) is 385 Å². The van der Waals surface area contributed by atoms with Gasteiger partial charge in [-0.1, -0.05) is 121 Å².